The molecule has 0 heterocycles. The van der Waals surface area contributed by atoms with Gasteiger partial charge in [0.15, 0.2) is 0 Å². The molecule has 1 aromatic rings. The molecule has 2 amide bonds. The molecule has 41 heavy (non-hydrogen) atoms. The number of alkyl carbamates (subject to hydrolysis) is 1. The van der Waals surface area contributed by atoms with Crippen LogP contribution in [0.2, 0.25) is 25.7 Å². The first kappa shape index (κ1) is 36.9. The summed E-state index contributed by atoms with van der Waals surface area (Å²) in [7, 11) is -1.29. The molecule has 0 aliphatic carbocycles. The first-order chi connectivity index (χ1) is 19.0. The van der Waals surface area contributed by atoms with Gasteiger partial charge in [-0.1, -0.05) is 63.8 Å². The Labute approximate surface area is 252 Å². The molecular formula is C30H52N2O7SSi. The lowest BCUT2D eigenvalue weighted by Crippen LogP contribution is -2.67. The van der Waals surface area contributed by atoms with Gasteiger partial charge >= 0.3 is 12.1 Å². The smallest absolute Gasteiger partial charge is 0.408 e. The molecule has 2 N–H and O–H groups in total. The third kappa shape index (κ3) is 14.1. The minimum atomic E-state index is -1.55. The van der Waals surface area contributed by atoms with Crippen molar-refractivity contribution in [3.63, 3.8) is 0 Å². The number of rotatable bonds is 17. The quantitative estimate of drug-likeness (QED) is 0.101. The summed E-state index contributed by atoms with van der Waals surface area (Å²) in [4.78, 5) is 40.3. The van der Waals surface area contributed by atoms with E-state index in [1.54, 1.807) is 27.7 Å². The van der Waals surface area contributed by atoms with Crippen LogP contribution < -0.4 is 10.6 Å². The Bertz CT molecular complexity index is 950. The second-order valence-electron chi connectivity index (χ2n) is 12.8. The predicted octanol–water partition coefficient (Wildman–Crippen LogP) is 5.60. The predicted molar refractivity (Wildman–Crippen MR) is 168 cm³/mol. The Hall–Kier alpha value is -2.08. The molecule has 234 valence electrons. The zero-order chi connectivity index (χ0) is 31.3. The summed E-state index contributed by atoms with van der Waals surface area (Å²) in [6, 6.07) is 9.32. The zero-order valence-electron chi connectivity index (χ0n) is 26.6. The third-order valence-corrected chi connectivity index (χ3v) is 8.67. The van der Waals surface area contributed by atoms with Crippen LogP contribution in [0.1, 0.15) is 53.5 Å². The van der Waals surface area contributed by atoms with Crippen LogP contribution in [0.15, 0.2) is 30.3 Å². The van der Waals surface area contributed by atoms with Gasteiger partial charge in [-0.2, -0.15) is 11.8 Å². The summed E-state index contributed by atoms with van der Waals surface area (Å²) in [6.45, 7) is 18.0. The van der Waals surface area contributed by atoms with Gasteiger partial charge in [0.05, 0.1) is 6.10 Å². The standard InChI is InChI=1S/C30H52N2O7SSi/c1-22(2)25(26(33)39-29(4,5)6)31-27(34)30(16-18-40-7,23(3)38-21-36-17-19-41(8,9)10)32-28(35)37-20-24-14-12-11-13-15-24/h11-15,22-23,25H,16-21H2,1-10H3,(H,31,34)(H,32,35)/t23-,25+,30-/m1/s1. The number of hydrogen-bond donors (Lipinski definition) is 2. The SMILES string of the molecule is CSCC[C@](NC(=O)OCc1ccccc1)(C(=O)N[C@H](C(=O)OC(C)(C)C)C(C)C)[C@@H](C)OCOCC[Si](C)(C)C. The van der Waals surface area contributed by atoms with Gasteiger partial charge in [-0.3, -0.25) is 4.79 Å². The van der Waals surface area contributed by atoms with Gasteiger partial charge in [-0.05, 0) is 63.6 Å². The molecule has 0 aliphatic rings. The highest BCUT2D eigenvalue weighted by Crippen LogP contribution is 2.24. The van der Waals surface area contributed by atoms with E-state index in [4.69, 9.17) is 18.9 Å². The highest BCUT2D eigenvalue weighted by molar-refractivity contribution is 7.98. The summed E-state index contributed by atoms with van der Waals surface area (Å²) in [6.07, 6.45) is 0.574. The molecular weight excluding hydrogens is 560 g/mol. The number of benzene rings is 1. The lowest BCUT2D eigenvalue weighted by molar-refractivity contribution is -0.162. The molecule has 0 saturated carbocycles. The Morgan fingerprint density at radius 2 is 1.66 bits per heavy atom. The fraction of sp³-hybridized carbons (Fsp3) is 0.700. The van der Waals surface area contributed by atoms with Gasteiger partial charge in [0, 0.05) is 14.7 Å². The van der Waals surface area contributed by atoms with Crippen molar-refractivity contribution >= 4 is 37.8 Å². The molecule has 0 spiro atoms. The number of carbonyl (C=O) groups excluding carboxylic acids is 3. The van der Waals surface area contributed by atoms with Gasteiger partial charge in [-0.15, -0.1) is 0 Å². The third-order valence-electron chi connectivity index (χ3n) is 6.35. The Balaban J connectivity index is 3.25. The fourth-order valence-electron chi connectivity index (χ4n) is 3.79. The molecule has 1 rings (SSSR count). The van der Waals surface area contributed by atoms with Gasteiger partial charge < -0.3 is 29.6 Å². The molecule has 0 aromatic heterocycles. The van der Waals surface area contributed by atoms with Crippen molar-refractivity contribution in [3.05, 3.63) is 35.9 Å². The second-order valence-corrected chi connectivity index (χ2v) is 19.4. The number of nitrogens with one attached hydrogen (secondary N) is 2. The van der Waals surface area contributed by atoms with E-state index in [-0.39, 0.29) is 25.7 Å². The van der Waals surface area contributed by atoms with Crippen LogP contribution in [-0.2, 0) is 35.1 Å². The molecule has 9 nitrogen and oxygen atoms in total. The molecule has 0 radical (unpaired) electrons. The van der Waals surface area contributed by atoms with Crippen molar-refractivity contribution in [3.8, 4) is 0 Å². The Kier molecular flexibility index (Phi) is 15.4. The number of thioether (sulfide) groups is 1. The van der Waals surface area contributed by atoms with Gasteiger partial charge in [0.1, 0.15) is 30.6 Å². The van der Waals surface area contributed by atoms with Crippen molar-refractivity contribution in [2.75, 3.05) is 25.4 Å². The maximum atomic E-state index is 14.1. The van der Waals surface area contributed by atoms with Gasteiger partial charge in [0.2, 0.25) is 5.91 Å². The molecule has 3 atom stereocenters. The van der Waals surface area contributed by atoms with Crippen LogP contribution in [0.25, 0.3) is 0 Å². The molecule has 0 bridgehead atoms. The number of ether oxygens (including phenoxy) is 4. The van der Waals surface area contributed by atoms with E-state index in [2.05, 4.69) is 30.3 Å². The Morgan fingerprint density at radius 1 is 1.02 bits per heavy atom. The van der Waals surface area contributed by atoms with Crippen molar-refractivity contribution < 1.29 is 33.3 Å². The highest BCUT2D eigenvalue weighted by atomic mass is 32.2. The zero-order valence-corrected chi connectivity index (χ0v) is 28.4. The van der Waals surface area contributed by atoms with Crippen LogP contribution in [0.3, 0.4) is 0 Å². The maximum Gasteiger partial charge on any atom is 0.408 e. The summed E-state index contributed by atoms with van der Waals surface area (Å²) in [5, 5.41) is 5.68. The van der Waals surface area contributed by atoms with E-state index >= 15 is 0 Å². The molecule has 0 saturated heterocycles. The van der Waals surface area contributed by atoms with E-state index in [0.29, 0.717) is 12.4 Å². The van der Waals surface area contributed by atoms with E-state index in [1.165, 1.54) is 11.8 Å². The van der Waals surface area contributed by atoms with Crippen molar-refractivity contribution in [2.45, 2.75) is 104 Å². The highest BCUT2D eigenvalue weighted by Gasteiger charge is 2.47. The van der Waals surface area contributed by atoms with Crippen molar-refractivity contribution in [1.82, 2.24) is 10.6 Å². The molecule has 1 aromatic carbocycles. The van der Waals surface area contributed by atoms with Crippen LogP contribution in [0, 0.1) is 5.92 Å². The van der Waals surface area contributed by atoms with Crippen molar-refractivity contribution in [2.24, 2.45) is 5.92 Å². The summed E-state index contributed by atoms with van der Waals surface area (Å²) in [5.74, 6) is -0.829. The first-order valence-corrected chi connectivity index (χ1v) is 19.3. The molecule has 0 aliphatic heterocycles. The minimum Gasteiger partial charge on any atom is -0.458 e. The van der Waals surface area contributed by atoms with Gasteiger partial charge in [-0.25, -0.2) is 9.59 Å². The summed E-state index contributed by atoms with van der Waals surface area (Å²) >= 11 is 1.53. The van der Waals surface area contributed by atoms with Crippen LogP contribution in [-0.4, -0.2) is 74.7 Å². The van der Waals surface area contributed by atoms with Crippen LogP contribution in [0.5, 0.6) is 0 Å². The average Bonchev–Trinajstić information content (AvgIpc) is 2.86. The molecule has 0 unspecified atom stereocenters. The van der Waals surface area contributed by atoms with E-state index in [1.807, 2.05) is 50.4 Å². The van der Waals surface area contributed by atoms with Crippen LogP contribution >= 0.6 is 11.8 Å². The lowest BCUT2D eigenvalue weighted by Gasteiger charge is -2.39. The van der Waals surface area contributed by atoms with Crippen molar-refractivity contribution in [1.29, 1.82) is 0 Å². The normalized spacial score (nSPS) is 15.0. The topological polar surface area (TPSA) is 112 Å². The van der Waals surface area contributed by atoms with Gasteiger partial charge in [0.25, 0.3) is 0 Å². The van der Waals surface area contributed by atoms with E-state index in [0.717, 1.165) is 11.6 Å². The van der Waals surface area contributed by atoms with E-state index < -0.39 is 49.3 Å². The summed E-state index contributed by atoms with van der Waals surface area (Å²) in [5.41, 5.74) is -1.46. The largest absolute Gasteiger partial charge is 0.458 e. The second kappa shape index (κ2) is 17.1. The maximum absolute atomic E-state index is 14.1. The number of hydrogen-bond acceptors (Lipinski definition) is 8. The monoisotopic (exact) mass is 612 g/mol. The number of carbonyl (C=O) groups is 3. The van der Waals surface area contributed by atoms with E-state index in [9.17, 15) is 14.4 Å². The Morgan fingerprint density at radius 3 is 2.20 bits per heavy atom. The molecule has 11 heteroatoms. The number of esters is 1. The lowest BCUT2D eigenvalue weighted by atomic mass is 9.87. The minimum absolute atomic E-state index is 0.0362. The molecule has 0 fully saturated rings. The first-order valence-electron chi connectivity index (χ1n) is 14.2. The average molecular weight is 613 g/mol. The summed E-state index contributed by atoms with van der Waals surface area (Å²) < 4.78 is 22.8. The van der Waals surface area contributed by atoms with Crippen LogP contribution in [0.4, 0.5) is 4.79 Å². The number of amides is 2. The fourth-order valence-corrected chi connectivity index (χ4v) is 5.07.